The van der Waals surface area contributed by atoms with Crippen LogP contribution in [0.2, 0.25) is 0 Å². The third kappa shape index (κ3) is 1.80. The summed E-state index contributed by atoms with van der Waals surface area (Å²) in [6, 6.07) is -0.485. The SMILES string of the molecule is NC(Cc1c(O)n(O)c2cc(O)c(O)c(O)c12)C(=O)O. The van der Waals surface area contributed by atoms with Crippen molar-refractivity contribution in [2.24, 2.45) is 5.73 Å². The second kappa shape index (κ2) is 4.38. The van der Waals surface area contributed by atoms with Crippen molar-refractivity contribution in [1.82, 2.24) is 4.73 Å². The maximum atomic E-state index is 10.7. The highest BCUT2D eigenvalue weighted by Crippen LogP contribution is 2.45. The van der Waals surface area contributed by atoms with E-state index >= 15 is 0 Å². The minimum Gasteiger partial charge on any atom is -0.504 e. The first-order valence-electron chi connectivity index (χ1n) is 5.43. The van der Waals surface area contributed by atoms with Gasteiger partial charge in [-0.2, -0.15) is 4.73 Å². The third-order valence-electron chi connectivity index (χ3n) is 2.98. The average molecular weight is 284 g/mol. The van der Waals surface area contributed by atoms with E-state index in [0.717, 1.165) is 6.07 Å². The molecule has 0 saturated carbocycles. The molecule has 1 heterocycles. The molecular formula is C11H12N2O7. The number of benzene rings is 1. The van der Waals surface area contributed by atoms with E-state index < -0.39 is 41.6 Å². The predicted octanol–water partition coefficient (Wildman–Crippen LogP) is -0.345. The van der Waals surface area contributed by atoms with Gasteiger partial charge in [0, 0.05) is 18.1 Å². The lowest BCUT2D eigenvalue weighted by atomic mass is 10.0. The van der Waals surface area contributed by atoms with Crippen molar-refractivity contribution in [2.45, 2.75) is 12.5 Å². The first kappa shape index (κ1) is 13.6. The Morgan fingerprint density at radius 1 is 1.25 bits per heavy atom. The van der Waals surface area contributed by atoms with Crippen molar-refractivity contribution in [3.63, 3.8) is 0 Å². The number of aliphatic carboxylic acids is 1. The summed E-state index contributed by atoms with van der Waals surface area (Å²) in [6.07, 6.45) is -0.400. The molecule has 9 nitrogen and oxygen atoms in total. The van der Waals surface area contributed by atoms with Crippen LogP contribution < -0.4 is 5.73 Å². The number of carbonyl (C=O) groups is 1. The molecule has 0 aliphatic carbocycles. The topological polar surface area (TPSA) is 169 Å². The summed E-state index contributed by atoms with van der Waals surface area (Å²) in [5, 5.41) is 56.5. The Labute approximate surface area is 111 Å². The molecule has 2 rings (SSSR count). The van der Waals surface area contributed by atoms with Gasteiger partial charge in [0.25, 0.3) is 0 Å². The van der Waals surface area contributed by atoms with E-state index in [1.54, 1.807) is 0 Å². The number of carboxylic acids is 1. The van der Waals surface area contributed by atoms with Crippen LogP contribution >= 0.6 is 0 Å². The lowest BCUT2D eigenvalue weighted by molar-refractivity contribution is -0.138. The summed E-state index contributed by atoms with van der Waals surface area (Å²) in [5.41, 5.74) is 4.97. The van der Waals surface area contributed by atoms with Gasteiger partial charge in [0.05, 0.1) is 10.9 Å². The summed E-state index contributed by atoms with van der Waals surface area (Å²) in [6.45, 7) is 0. The molecule has 0 radical (unpaired) electrons. The minimum absolute atomic E-state index is 0.162. The number of nitrogens with two attached hydrogens (primary N) is 1. The van der Waals surface area contributed by atoms with Crippen molar-refractivity contribution in [1.29, 1.82) is 0 Å². The van der Waals surface area contributed by atoms with Gasteiger partial charge in [0.2, 0.25) is 11.6 Å². The molecule has 0 spiro atoms. The Morgan fingerprint density at radius 3 is 2.40 bits per heavy atom. The number of hydrogen-bond acceptors (Lipinski definition) is 7. The van der Waals surface area contributed by atoms with Gasteiger partial charge in [-0.25, -0.2) is 0 Å². The fourth-order valence-electron chi connectivity index (χ4n) is 1.95. The molecule has 2 aromatic rings. The van der Waals surface area contributed by atoms with E-state index in [4.69, 9.17) is 10.8 Å². The highest BCUT2D eigenvalue weighted by molar-refractivity contribution is 5.96. The molecule has 0 bridgehead atoms. The van der Waals surface area contributed by atoms with Gasteiger partial charge in [-0.05, 0) is 0 Å². The van der Waals surface area contributed by atoms with Crippen LogP contribution in [0.25, 0.3) is 10.9 Å². The Hall–Kier alpha value is -2.81. The molecule has 8 N–H and O–H groups in total. The largest absolute Gasteiger partial charge is 0.504 e. The van der Waals surface area contributed by atoms with E-state index in [0.29, 0.717) is 0 Å². The van der Waals surface area contributed by atoms with Gasteiger partial charge in [0.1, 0.15) is 6.04 Å². The van der Waals surface area contributed by atoms with E-state index in [-0.39, 0.29) is 21.2 Å². The van der Waals surface area contributed by atoms with Gasteiger partial charge in [-0.1, -0.05) is 0 Å². The number of carboxylic acid groups (broad SMARTS) is 1. The number of phenolic OH excluding ortho intramolecular Hbond substituents is 3. The average Bonchev–Trinajstić information content (AvgIpc) is 2.61. The number of aromatic nitrogens is 1. The van der Waals surface area contributed by atoms with Gasteiger partial charge in [0.15, 0.2) is 11.5 Å². The summed E-state index contributed by atoms with van der Waals surface area (Å²) in [7, 11) is 0. The van der Waals surface area contributed by atoms with Gasteiger partial charge in [-0.3, -0.25) is 4.79 Å². The number of nitrogens with zero attached hydrogens (tertiary/aromatic N) is 1. The highest BCUT2D eigenvalue weighted by atomic mass is 16.5. The number of fused-ring (bicyclic) bond motifs is 1. The van der Waals surface area contributed by atoms with Gasteiger partial charge >= 0.3 is 5.97 Å². The van der Waals surface area contributed by atoms with Crippen LogP contribution in [0.1, 0.15) is 5.56 Å². The fraction of sp³-hybridized carbons (Fsp3) is 0.182. The summed E-state index contributed by atoms with van der Waals surface area (Å²) in [5.74, 6) is -4.44. The number of hydrogen-bond donors (Lipinski definition) is 7. The van der Waals surface area contributed by atoms with Gasteiger partial charge < -0.3 is 36.5 Å². The zero-order valence-electron chi connectivity index (χ0n) is 9.98. The smallest absolute Gasteiger partial charge is 0.320 e. The maximum absolute atomic E-state index is 10.7. The molecule has 1 aromatic carbocycles. The van der Waals surface area contributed by atoms with Crippen LogP contribution in [-0.4, -0.2) is 47.5 Å². The fourth-order valence-corrected chi connectivity index (χ4v) is 1.95. The van der Waals surface area contributed by atoms with Crippen molar-refractivity contribution < 1.29 is 35.5 Å². The molecule has 0 aliphatic heterocycles. The first-order chi connectivity index (χ1) is 9.25. The molecule has 0 fully saturated rings. The Bertz CT molecular complexity index is 707. The van der Waals surface area contributed by atoms with Crippen LogP contribution in [0, 0.1) is 0 Å². The standard InChI is InChI=1S/C11H12N2O7/c12-4(11(18)19)1-3-7-5(13(20)10(3)17)2-6(14)8(15)9(7)16/h2,4,14-17,20H,1,12H2,(H,18,19). The van der Waals surface area contributed by atoms with E-state index in [9.17, 15) is 30.4 Å². The number of phenols is 3. The zero-order chi connectivity index (χ0) is 15.2. The molecule has 9 heteroatoms. The lowest BCUT2D eigenvalue weighted by Gasteiger charge is -2.07. The quantitative estimate of drug-likeness (QED) is 0.296. The van der Waals surface area contributed by atoms with E-state index in [1.807, 2.05) is 0 Å². The van der Waals surface area contributed by atoms with Crippen LogP contribution in [-0.2, 0) is 11.2 Å². The highest BCUT2D eigenvalue weighted by Gasteiger charge is 2.26. The monoisotopic (exact) mass is 284 g/mol. The molecular weight excluding hydrogens is 272 g/mol. The van der Waals surface area contributed by atoms with Crippen molar-refractivity contribution in [2.75, 3.05) is 0 Å². The molecule has 1 unspecified atom stereocenters. The summed E-state index contributed by atoms with van der Waals surface area (Å²) >= 11 is 0. The van der Waals surface area contributed by atoms with Crippen LogP contribution in [0.15, 0.2) is 6.07 Å². The van der Waals surface area contributed by atoms with Crippen LogP contribution in [0.4, 0.5) is 0 Å². The van der Waals surface area contributed by atoms with Crippen molar-refractivity contribution in [3.05, 3.63) is 11.6 Å². The Kier molecular flexibility index (Phi) is 2.99. The summed E-state index contributed by atoms with van der Waals surface area (Å²) < 4.78 is 0.248. The normalized spacial score (nSPS) is 12.7. The molecule has 1 aromatic heterocycles. The second-order valence-electron chi connectivity index (χ2n) is 4.25. The Balaban J connectivity index is 2.74. The molecule has 1 atom stereocenters. The van der Waals surface area contributed by atoms with Crippen molar-refractivity contribution in [3.8, 4) is 23.1 Å². The summed E-state index contributed by atoms with van der Waals surface area (Å²) in [4.78, 5) is 10.7. The van der Waals surface area contributed by atoms with Crippen LogP contribution in [0.3, 0.4) is 0 Å². The van der Waals surface area contributed by atoms with Gasteiger partial charge in [-0.15, -0.1) is 0 Å². The molecule has 0 aliphatic rings. The molecule has 0 saturated heterocycles. The zero-order valence-corrected chi connectivity index (χ0v) is 9.98. The molecule has 20 heavy (non-hydrogen) atoms. The lowest BCUT2D eigenvalue weighted by Crippen LogP contribution is -2.32. The van der Waals surface area contributed by atoms with E-state index in [1.165, 1.54) is 0 Å². The van der Waals surface area contributed by atoms with Crippen LogP contribution in [0.5, 0.6) is 23.1 Å². The number of aromatic hydroxyl groups is 4. The maximum Gasteiger partial charge on any atom is 0.320 e. The number of rotatable bonds is 3. The second-order valence-corrected chi connectivity index (χ2v) is 4.25. The third-order valence-corrected chi connectivity index (χ3v) is 2.98. The Morgan fingerprint density at radius 2 is 1.85 bits per heavy atom. The minimum atomic E-state index is -1.39. The molecule has 0 amide bonds. The van der Waals surface area contributed by atoms with E-state index in [2.05, 4.69) is 0 Å². The predicted molar refractivity (Wildman–Crippen MR) is 65.1 cm³/mol. The molecule has 108 valence electrons. The van der Waals surface area contributed by atoms with Crippen molar-refractivity contribution >= 4 is 16.9 Å². The first-order valence-corrected chi connectivity index (χ1v) is 5.43.